The summed E-state index contributed by atoms with van der Waals surface area (Å²) in [6.45, 7) is 0.374. The molecular weight excluding hydrogens is 274 g/mol. The first-order valence-corrected chi connectivity index (χ1v) is 7.23. The fourth-order valence-corrected chi connectivity index (χ4v) is 2.58. The van der Waals surface area contributed by atoms with E-state index in [0.717, 1.165) is 21.9 Å². The normalized spacial score (nSPS) is 10.6. The first kappa shape index (κ1) is 14.3. The van der Waals surface area contributed by atoms with Crippen molar-refractivity contribution in [1.82, 2.24) is 5.32 Å². The lowest BCUT2D eigenvalue weighted by atomic mass is 10.0. The minimum Gasteiger partial charge on any atom is -0.392 e. The Morgan fingerprint density at radius 1 is 0.864 bits per heavy atom. The summed E-state index contributed by atoms with van der Waals surface area (Å²) in [5.41, 5.74) is 2.43. The van der Waals surface area contributed by atoms with Crippen LogP contribution in [0, 0.1) is 0 Å². The second-order valence-corrected chi connectivity index (χ2v) is 5.14. The summed E-state index contributed by atoms with van der Waals surface area (Å²) < 4.78 is 0. The molecule has 0 atom stereocenters. The number of nitrogens with one attached hydrogen (secondary N) is 1. The molecule has 0 aliphatic carbocycles. The molecule has 0 spiro atoms. The van der Waals surface area contributed by atoms with Crippen molar-refractivity contribution in [1.29, 1.82) is 0 Å². The average molecular weight is 291 g/mol. The Kier molecular flexibility index (Phi) is 4.17. The number of aliphatic hydroxyl groups is 1. The molecule has 22 heavy (non-hydrogen) atoms. The molecule has 0 saturated heterocycles. The Morgan fingerprint density at radius 3 is 2.36 bits per heavy atom. The van der Waals surface area contributed by atoms with Gasteiger partial charge in [0.1, 0.15) is 0 Å². The molecule has 2 N–H and O–H groups in total. The number of carbonyl (C=O) groups excluding carboxylic acids is 1. The largest absolute Gasteiger partial charge is 0.392 e. The lowest BCUT2D eigenvalue weighted by molar-refractivity contribution is 0.0952. The van der Waals surface area contributed by atoms with Crippen molar-refractivity contribution in [2.45, 2.75) is 13.2 Å². The van der Waals surface area contributed by atoms with Crippen molar-refractivity contribution in [2.75, 3.05) is 0 Å². The summed E-state index contributed by atoms with van der Waals surface area (Å²) in [4.78, 5) is 12.5. The zero-order valence-corrected chi connectivity index (χ0v) is 12.1. The zero-order valence-electron chi connectivity index (χ0n) is 12.1. The molecule has 0 radical (unpaired) electrons. The maximum Gasteiger partial charge on any atom is 0.252 e. The van der Waals surface area contributed by atoms with Gasteiger partial charge in [-0.2, -0.15) is 0 Å². The number of hydrogen-bond acceptors (Lipinski definition) is 2. The zero-order chi connectivity index (χ0) is 15.4. The molecule has 3 rings (SSSR count). The lowest BCUT2D eigenvalue weighted by Crippen LogP contribution is -2.23. The van der Waals surface area contributed by atoms with Crippen molar-refractivity contribution < 1.29 is 9.90 Å². The average Bonchev–Trinajstić information content (AvgIpc) is 2.59. The Morgan fingerprint density at radius 2 is 1.55 bits per heavy atom. The van der Waals surface area contributed by atoms with Crippen LogP contribution in [-0.4, -0.2) is 11.0 Å². The van der Waals surface area contributed by atoms with Gasteiger partial charge in [-0.15, -0.1) is 0 Å². The van der Waals surface area contributed by atoms with E-state index in [2.05, 4.69) is 5.32 Å². The van der Waals surface area contributed by atoms with Crippen molar-refractivity contribution in [3.63, 3.8) is 0 Å². The molecule has 3 nitrogen and oxygen atoms in total. The summed E-state index contributed by atoms with van der Waals surface area (Å²) in [6, 6.07) is 21.1. The maximum absolute atomic E-state index is 12.5. The first-order valence-electron chi connectivity index (χ1n) is 7.23. The summed E-state index contributed by atoms with van der Waals surface area (Å²) >= 11 is 0. The number of amides is 1. The van der Waals surface area contributed by atoms with Crippen LogP contribution in [0.3, 0.4) is 0 Å². The van der Waals surface area contributed by atoms with Crippen LogP contribution in [0.15, 0.2) is 66.7 Å². The molecule has 1 amide bonds. The van der Waals surface area contributed by atoms with Gasteiger partial charge in [0, 0.05) is 12.1 Å². The third kappa shape index (κ3) is 2.85. The number of rotatable bonds is 4. The van der Waals surface area contributed by atoms with Gasteiger partial charge in [-0.25, -0.2) is 0 Å². The van der Waals surface area contributed by atoms with E-state index in [1.165, 1.54) is 0 Å². The second-order valence-electron chi connectivity index (χ2n) is 5.14. The molecule has 0 saturated carbocycles. The van der Waals surface area contributed by atoms with Gasteiger partial charge >= 0.3 is 0 Å². The highest BCUT2D eigenvalue weighted by Gasteiger charge is 2.10. The highest BCUT2D eigenvalue weighted by molar-refractivity contribution is 6.06. The molecule has 3 heteroatoms. The van der Waals surface area contributed by atoms with Crippen molar-refractivity contribution in [3.8, 4) is 0 Å². The van der Waals surface area contributed by atoms with E-state index in [0.29, 0.717) is 12.1 Å². The van der Waals surface area contributed by atoms with Crippen LogP contribution in [0.25, 0.3) is 10.8 Å². The van der Waals surface area contributed by atoms with E-state index in [1.54, 1.807) is 0 Å². The van der Waals surface area contributed by atoms with Crippen LogP contribution in [0.1, 0.15) is 21.5 Å². The highest BCUT2D eigenvalue weighted by atomic mass is 16.3. The molecule has 0 heterocycles. The topological polar surface area (TPSA) is 49.3 Å². The van der Waals surface area contributed by atoms with Gasteiger partial charge in [-0.1, -0.05) is 60.7 Å². The molecular formula is C19H17NO2. The van der Waals surface area contributed by atoms with Gasteiger partial charge in [0.05, 0.1) is 6.61 Å². The fraction of sp³-hybridized carbons (Fsp3) is 0.105. The van der Waals surface area contributed by atoms with E-state index in [1.807, 2.05) is 66.7 Å². The predicted octanol–water partition coefficient (Wildman–Crippen LogP) is 3.26. The Balaban J connectivity index is 1.82. The van der Waals surface area contributed by atoms with Crippen LogP contribution in [0.2, 0.25) is 0 Å². The Labute approximate surface area is 129 Å². The first-order chi connectivity index (χ1) is 10.8. The predicted molar refractivity (Wildman–Crippen MR) is 87.5 cm³/mol. The third-order valence-electron chi connectivity index (χ3n) is 3.76. The van der Waals surface area contributed by atoms with E-state index in [-0.39, 0.29) is 12.5 Å². The SMILES string of the molecule is O=C(NCc1ccccc1CO)c1cccc2ccccc12. The summed E-state index contributed by atoms with van der Waals surface area (Å²) in [6.07, 6.45) is 0. The monoisotopic (exact) mass is 291 g/mol. The minimum absolute atomic E-state index is 0.0275. The standard InChI is InChI=1S/C19H17NO2/c21-13-16-8-2-1-7-15(16)12-20-19(22)18-11-5-9-14-6-3-4-10-17(14)18/h1-11,21H,12-13H2,(H,20,22). The maximum atomic E-state index is 12.5. The lowest BCUT2D eigenvalue weighted by Gasteiger charge is -2.10. The van der Waals surface area contributed by atoms with Crippen LogP contribution in [-0.2, 0) is 13.2 Å². The smallest absolute Gasteiger partial charge is 0.252 e. The number of fused-ring (bicyclic) bond motifs is 1. The Bertz CT molecular complexity index is 806. The quantitative estimate of drug-likeness (QED) is 0.775. The fourth-order valence-electron chi connectivity index (χ4n) is 2.58. The summed E-state index contributed by atoms with van der Waals surface area (Å²) in [7, 11) is 0. The van der Waals surface area contributed by atoms with E-state index in [4.69, 9.17) is 0 Å². The van der Waals surface area contributed by atoms with E-state index in [9.17, 15) is 9.90 Å². The van der Waals surface area contributed by atoms with Gasteiger partial charge in [-0.3, -0.25) is 4.79 Å². The van der Waals surface area contributed by atoms with Crippen LogP contribution >= 0.6 is 0 Å². The summed E-state index contributed by atoms with van der Waals surface area (Å²) in [5, 5.41) is 14.3. The van der Waals surface area contributed by atoms with Crippen LogP contribution in [0.4, 0.5) is 0 Å². The van der Waals surface area contributed by atoms with Crippen molar-refractivity contribution in [2.24, 2.45) is 0 Å². The number of aliphatic hydroxyl groups excluding tert-OH is 1. The number of hydrogen-bond donors (Lipinski definition) is 2. The number of benzene rings is 3. The Hall–Kier alpha value is -2.65. The summed E-state index contributed by atoms with van der Waals surface area (Å²) in [5.74, 6) is -0.107. The second kappa shape index (κ2) is 6.41. The van der Waals surface area contributed by atoms with Crippen LogP contribution < -0.4 is 5.32 Å². The van der Waals surface area contributed by atoms with Gasteiger partial charge < -0.3 is 10.4 Å². The van der Waals surface area contributed by atoms with Gasteiger partial charge in [0.15, 0.2) is 0 Å². The van der Waals surface area contributed by atoms with Crippen molar-refractivity contribution in [3.05, 3.63) is 83.4 Å². The molecule has 0 bridgehead atoms. The van der Waals surface area contributed by atoms with Gasteiger partial charge in [0.2, 0.25) is 0 Å². The van der Waals surface area contributed by atoms with Gasteiger partial charge in [0.25, 0.3) is 5.91 Å². The molecule has 110 valence electrons. The molecule has 3 aromatic rings. The molecule has 3 aromatic carbocycles. The molecule has 0 aliphatic heterocycles. The van der Waals surface area contributed by atoms with Crippen molar-refractivity contribution >= 4 is 16.7 Å². The third-order valence-corrected chi connectivity index (χ3v) is 3.76. The minimum atomic E-state index is -0.107. The van der Waals surface area contributed by atoms with E-state index < -0.39 is 0 Å². The molecule has 0 unspecified atom stereocenters. The molecule has 0 aromatic heterocycles. The van der Waals surface area contributed by atoms with E-state index >= 15 is 0 Å². The molecule has 0 fully saturated rings. The number of carbonyl (C=O) groups is 1. The highest BCUT2D eigenvalue weighted by Crippen LogP contribution is 2.18. The van der Waals surface area contributed by atoms with Gasteiger partial charge in [-0.05, 0) is 28.0 Å². The van der Waals surface area contributed by atoms with Crippen LogP contribution in [0.5, 0.6) is 0 Å². The molecule has 0 aliphatic rings.